The van der Waals surface area contributed by atoms with E-state index in [1.807, 2.05) is 63.1 Å². The fourth-order valence-electron chi connectivity index (χ4n) is 6.39. The summed E-state index contributed by atoms with van der Waals surface area (Å²) in [6, 6.07) is 6.76. The number of hydrogen-bond acceptors (Lipinski definition) is 9. The second kappa shape index (κ2) is 20.5. The van der Waals surface area contributed by atoms with Crippen molar-refractivity contribution < 1.29 is 33.8 Å². The van der Waals surface area contributed by atoms with Crippen LogP contribution in [0.5, 0.6) is 0 Å². The van der Waals surface area contributed by atoms with E-state index in [0.717, 1.165) is 44.2 Å². The highest BCUT2D eigenvalue weighted by molar-refractivity contribution is 7.09. The molecule has 1 aromatic carbocycles. The number of thiazole rings is 1. The van der Waals surface area contributed by atoms with Crippen LogP contribution in [0.25, 0.3) is 0 Å². The average molecular weight is 716 g/mol. The van der Waals surface area contributed by atoms with Crippen LogP contribution >= 0.6 is 11.3 Å². The molecule has 2 unspecified atom stereocenters. The molecule has 3 N–H and O–H groups in total. The summed E-state index contributed by atoms with van der Waals surface area (Å²) in [5.74, 6) is -2.02. The molecule has 278 valence electrons. The van der Waals surface area contributed by atoms with Crippen LogP contribution in [0.1, 0.15) is 100 Å². The topological polar surface area (TPSA) is 150 Å². The summed E-state index contributed by atoms with van der Waals surface area (Å²) in [7, 11) is 3.48. The Balaban J connectivity index is 1.85. The zero-order chi connectivity index (χ0) is 36.8. The maximum atomic E-state index is 14.5. The van der Waals surface area contributed by atoms with E-state index < -0.39 is 30.1 Å². The summed E-state index contributed by atoms with van der Waals surface area (Å²) in [5.41, 5.74) is 0.875. The van der Waals surface area contributed by atoms with Crippen molar-refractivity contribution in [2.45, 2.75) is 110 Å². The number of piperidine rings is 1. The van der Waals surface area contributed by atoms with Crippen LogP contribution in [0.3, 0.4) is 0 Å². The molecule has 6 atom stereocenters. The van der Waals surface area contributed by atoms with Gasteiger partial charge >= 0.3 is 5.97 Å². The molecule has 0 spiro atoms. The maximum Gasteiger partial charge on any atom is 0.326 e. The zero-order valence-corrected chi connectivity index (χ0v) is 31.5. The summed E-state index contributed by atoms with van der Waals surface area (Å²) in [5, 5.41) is 17.7. The van der Waals surface area contributed by atoms with Gasteiger partial charge in [-0.1, -0.05) is 77.8 Å². The third kappa shape index (κ3) is 11.6. The lowest BCUT2D eigenvalue weighted by Gasteiger charge is -2.40. The standard InChI is InChI=1S/C37H57N5O7S/c1-8-18-42(36(45)32(25(5)9-2)40-34(44)29-17-13-14-19-41(29)6)30(24(3)4)21-31(49-23-48-7)35-39-28(22-50-35)33(43)38-27(37(46)47)20-26-15-11-10-12-16-26/h10-12,15-16,22,24-25,27,29-32H,8-9,13-14,17-21,23H2,1-7H3,(H,38,43)(H,40,44)(H,46,47)/t25-,27-,29?,30+,31+,32?/m0/s1. The number of nitrogens with one attached hydrogen (secondary N) is 2. The highest BCUT2D eigenvalue weighted by atomic mass is 32.1. The van der Waals surface area contributed by atoms with E-state index in [1.54, 1.807) is 5.38 Å². The Morgan fingerprint density at radius 2 is 1.82 bits per heavy atom. The van der Waals surface area contributed by atoms with Gasteiger partial charge in [0.2, 0.25) is 11.8 Å². The molecule has 0 saturated carbocycles. The molecule has 1 aromatic heterocycles. The van der Waals surface area contributed by atoms with Crippen molar-refractivity contribution >= 4 is 35.0 Å². The van der Waals surface area contributed by atoms with E-state index >= 15 is 0 Å². The van der Waals surface area contributed by atoms with E-state index in [4.69, 9.17) is 9.47 Å². The van der Waals surface area contributed by atoms with Crippen molar-refractivity contribution in [3.63, 3.8) is 0 Å². The molecule has 0 bridgehead atoms. The number of likely N-dealkylation sites (N-methyl/N-ethyl adjacent to an activating group) is 1. The molecule has 1 saturated heterocycles. The van der Waals surface area contributed by atoms with Crippen molar-refractivity contribution in [2.75, 3.05) is 34.0 Å². The number of nitrogens with zero attached hydrogens (tertiary/aromatic N) is 3. The molecule has 1 fully saturated rings. The molecule has 0 radical (unpaired) electrons. The summed E-state index contributed by atoms with van der Waals surface area (Å²) in [6.45, 7) is 11.5. The molecule has 0 aliphatic carbocycles. The predicted molar refractivity (Wildman–Crippen MR) is 194 cm³/mol. The van der Waals surface area contributed by atoms with Gasteiger partial charge in [0.15, 0.2) is 0 Å². The fourth-order valence-corrected chi connectivity index (χ4v) is 7.25. The van der Waals surface area contributed by atoms with E-state index in [-0.39, 0.29) is 54.6 Å². The third-order valence-electron chi connectivity index (χ3n) is 9.53. The molecule has 1 aliphatic rings. The minimum Gasteiger partial charge on any atom is -0.480 e. The number of hydrogen-bond donors (Lipinski definition) is 3. The number of carboxylic acid groups (broad SMARTS) is 1. The van der Waals surface area contributed by atoms with Gasteiger partial charge in [0.05, 0.1) is 6.04 Å². The van der Waals surface area contributed by atoms with Crippen molar-refractivity contribution in [1.82, 2.24) is 25.4 Å². The van der Waals surface area contributed by atoms with Crippen LogP contribution in [-0.2, 0) is 30.3 Å². The Morgan fingerprint density at radius 3 is 2.42 bits per heavy atom. The molecule has 1 aliphatic heterocycles. The maximum absolute atomic E-state index is 14.5. The molecular formula is C37H57N5O7S. The number of carboxylic acids is 1. The number of methoxy groups -OCH3 is 1. The SMILES string of the molecule is CCCN(C(=O)C(NC(=O)C1CCCCN1C)[C@@H](C)CC)[C@H](C[C@@H](OCOC)c1nc(C(=O)N[C@@H](Cc2ccccc2)C(=O)O)cs1)C(C)C. The number of amides is 3. The normalized spacial score (nSPS) is 18.1. The van der Waals surface area contributed by atoms with Gasteiger partial charge in [-0.2, -0.15) is 0 Å². The number of carbonyl (C=O) groups excluding carboxylic acids is 3. The van der Waals surface area contributed by atoms with Crippen molar-refractivity contribution in [3.8, 4) is 0 Å². The van der Waals surface area contributed by atoms with Crippen LogP contribution in [0.15, 0.2) is 35.7 Å². The molecule has 2 heterocycles. The monoisotopic (exact) mass is 715 g/mol. The average Bonchev–Trinajstić information content (AvgIpc) is 3.60. The molecule has 50 heavy (non-hydrogen) atoms. The smallest absolute Gasteiger partial charge is 0.326 e. The Labute approximate surface area is 301 Å². The lowest BCUT2D eigenvalue weighted by Crippen LogP contribution is -2.58. The van der Waals surface area contributed by atoms with Crippen molar-refractivity contribution in [3.05, 3.63) is 52.0 Å². The van der Waals surface area contributed by atoms with Gasteiger partial charge in [-0.05, 0) is 50.3 Å². The quantitative estimate of drug-likeness (QED) is 0.163. The largest absolute Gasteiger partial charge is 0.480 e. The first-order chi connectivity index (χ1) is 23.9. The molecule has 2 aromatic rings. The summed E-state index contributed by atoms with van der Waals surface area (Å²) >= 11 is 1.24. The number of aliphatic carboxylic acids is 1. The van der Waals surface area contributed by atoms with Gasteiger partial charge < -0.3 is 30.1 Å². The van der Waals surface area contributed by atoms with Gasteiger partial charge in [0.1, 0.15) is 35.7 Å². The Morgan fingerprint density at radius 1 is 1.10 bits per heavy atom. The van der Waals surface area contributed by atoms with E-state index in [2.05, 4.69) is 34.4 Å². The number of carbonyl (C=O) groups is 4. The predicted octanol–water partition coefficient (Wildman–Crippen LogP) is 4.90. The number of likely N-dealkylation sites (tertiary alicyclic amines) is 1. The second-order valence-corrected chi connectivity index (χ2v) is 14.5. The van der Waals surface area contributed by atoms with Gasteiger partial charge in [-0.15, -0.1) is 11.3 Å². The molecule has 3 rings (SSSR count). The Bertz CT molecular complexity index is 1370. The second-order valence-electron chi connectivity index (χ2n) is 13.6. The van der Waals surface area contributed by atoms with Crippen LogP contribution in [0, 0.1) is 11.8 Å². The summed E-state index contributed by atoms with van der Waals surface area (Å²) in [4.78, 5) is 61.8. The Kier molecular flexibility index (Phi) is 16.8. The molecule has 13 heteroatoms. The van der Waals surface area contributed by atoms with Crippen LogP contribution in [0.2, 0.25) is 0 Å². The number of rotatable bonds is 20. The molecule has 12 nitrogen and oxygen atoms in total. The number of aromatic nitrogens is 1. The summed E-state index contributed by atoms with van der Waals surface area (Å²) < 4.78 is 11.4. The van der Waals surface area contributed by atoms with Crippen LogP contribution in [0.4, 0.5) is 0 Å². The van der Waals surface area contributed by atoms with Crippen LogP contribution in [-0.4, -0.2) is 102 Å². The first-order valence-electron chi connectivity index (χ1n) is 17.9. The van der Waals surface area contributed by atoms with E-state index in [1.165, 1.54) is 18.4 Å². The third-order valence-corrected chi connectivity index (χ3v) is 10.5. The highest BCUT2D eigenvalue weighted by Crippen LogP contribution is 2.31. The summed E-state index contributed by atoms with van der Waals surface area (Å²) in [6.07, 6.45) is 4.15. The highest BCUT2D eigenvalue weighted by Gasteiger charge is 2.38. The van der Waals surface area contributed by atoms with Gasteiger partial charge in [-0.25, -0.2) is 9.78 Å². The first-order valence-corrected chi connectivity index (χ1v) is 18.7. The van der Waals surface area contributed by atoms with E-state index in [0.29, 0.717) is 18.0 Å². The van der Waals surface area contributed by atoms with Crippen molar-refractivity contribution in [2.24, 2.45) is 11.8 Å². The lowest BCUT2D eigenvalue weighted by atomic mass is 9.92. The molecular weight excluding hydrogens is 659 g/mol. The first kappa shape index (κ1) is 41.0. The lowest BCUT2D eigenvalue weighted by molar-refractivity contribution is -0.144. The Hall–Kier alpha value is -3.39. The molecule has 3 amide bonds. The van der Waals surface area contributed by atoms with Gasteiger partial charge in [0.25, 0.3) is 5.91 Å². The minimum atomic E-state index is -1.14. The van der Waals surface area contributed by atoms with Gasteiger partial charge in [-0.3, -0.25) is 19.3 Å². The van der Waals surface area contributed by atoms with Crippen molar-refractivity contribution in [1.29, 1.82) is 0 Å². The minimum absolute atomic E-state index is 0.0222. The van der Waals surface area contributed by atoms with E-state index in [9.17, 15) is 24.3 Å². The zero-order valence-electron chi connectivity index (χ0n) is 30.7. The van der Waals surface area contributed by atoms with Crippen LogP contribution < -0.4 is 10.6 Å². The number of benzene rings is 1. The fraction of sp³-hybridized carbons (Fsp3) is 0.649. The van der Waals surface area contributed by atoms with Gasteiger partial charge in [0, 0.05) is 37.9 Å². The number of ether oxygens (including phenoxy) is 2.